The third kappa shape index (κ3) is 3.52. The van der Waals surface area contributed by atoms with Crippen LogP contribution in [-0.2, 0) is 14.8 Å². The molecule has 0 bridgehead atoms. The van der Waals surface area contributed by atoms with Crippen molar-refractivity contribution in [3.05, 3.63) is 36.7 Å². The molecule has 3 aromatic heterocycles. The summed E-state index contributed by atoms with van der Waals surface area (Å²) in [5.41, 5.74) is 2.31. The third-order valence-corrected chi connectivity index (χ3v) is 8.07. The van der Waals surface area contributed by atoms with Gasteiger partial charge in [0.15, 0.2) is 5.58 Å². The van der Waals surface area contributed by atoms with Crippen LogP contribution < -0.4 is 14.9 Å². The third-order valence-electron chi connectivity index (χ3n) is 6.20. The molecule has 1 saturated carbocycles. The van der Waals surface area contributed by atoms with Crippen LogP contribution in [0.4, 0.5) is 17.3 Å². The molecule has 1 saturated heterocycles. The Bertz CT molecular complexity index is 1560. The van der Waals surface area contributed by atoms with Crippen LogP contribution in [0.3, 0.4) is 0 Å². The SMILES string of the molecule is CNc1ncc(-c2nc3cc(N4CCCS4(=O)=O)ccc3o2)c2cc(NC(=O)C3CC3)ncc12. The highest BCUT2D eigenvalue weighted by molar-refractivity contribution is 7.93. The number of anilines is 3. The van der Waals surface area contributed by atoms with E-state index in [1.54, 1.807) is 43.7 Å². The number of hydrogen-bond acceptors (Lipinski definition) is 8. The summed E-state index contributed by atoms with van der Waals surface area (Å²) >= 11 is 0. The van der Waals surface area contributed by atoms with E-state index < -0.39 is 10.0 Å². The number of aromatic nitrogens is 3. The predicted octanol–water partition coefficient (Wildman–Crippen LogP) is 3.37. The fourth-order valence-electron chi connectivity index (χ4n) is 4.26. The van der Waals surface area contributed by atoms with Gasteiger partial charge in [0.2, 0.25) is 21.8 Å². The summed E-state index contributed by atoms with van der Waals surface area (Å²) in [5.74, 6) is 1.64. The van der Waals surface area contributed by atoms with E-state index in [4.69, 9.17) is 4.42 Å². The highest BCUT2D eigenvalue weighted by Crippen LogP contribution is 2.36. The number of nitrogens with zero attached hydrogens (tertiary/aromatic N) is 4. The minimum absolute atomic E-state index is 0.0254. The lowest BCUT2D eigenvalue weighted by atomic mass is 10.1. The zero-order valence-corrected chi connectivity index (χ0v) is 19.2. The second kappa shape index (κ2) is 7.66. The molecule has 2 fully saturated rings. The second-order valence-electron chi connectivity index (χ2n) is 8.56. The Morgan fingerprint density at radius 3 is 2.74 bits per heavy atom. The van der Waals surface area contributed by atoms with Crippen LogP contribution in [0.1, 0.15) is 19.3 Å². The first-order valence-corrected chi connectivity index (χ1v) is 12.7. The van der Waals surface area contributed by atoms with Gasteiger partial charge >= 0.3 is 0 Å². The van der Waals surface area contributed by atoms with E-state index in [9.17, 15) is 13.2 Å². The molecule has 4 heterocycles. The Labute approximate surface area is 195 Å². The van der Waals surface area contributed by atoms with Crippen LogP contribution in [0.25, 0.3) is 33.3 Å². The fraction of sp³-hybridized carbons (Fsp3) is 0.304. The first-order chi connectivity index (χ1) is 16.4. The van der Waals surface area contributed by atoms with Gasteiger partial charge in [0.05, 0.1) is 17.0 Å². The molecular formula is C23H22N6O4S. The minimum Gasteiger partial charge on any atom is -0.436 e. The van der Waals surface area contributed by atoms with Gasteiger partial charge in [0.25, 0.3) is 0 Å². The van der Waals surface area contributed by atoms with Crippen molar-refractivity contribution in [2.24, 2.45) is 5.92 Å². The number of amides is 1. The van der Waals surface area contributed by atoms with Crippen molar-refractivity contribution >= 4 is 55.1 Å². The van der Waals surface area contributed by atoms with Crippen LogP contribution in [0.15, 0.2) is 41.1 Å². The molecule has 34 heavy (non-hydrogen) atoms. The highest BCUT2D eigenvalue weighted by Gasteiger charge is 2.30. The zero-order chi connectivity index (χ0) is 23.4. The van der Waals surface area contributed by atoms with Crippen LogP contribution >= 0.6 is 0 Å². The van der Waals surface area contributed by atoms with Crippen molar-refractivity contribution < 1.29 is 17.6 Å². The van der Waals surface area contributed by atoms with Crippen molar-refractivity contribution in [3.8, 4) is 11.5 Å². The van der Waals surface area contributed by atoms with Crippen LogP contribution in [0, 0.1) is 5.92 Å². The molecular weight excluding hydrogens is 456 g/mol. The minimum atomic E-state index is -3.29. The van der Waals surface area contributed by atoms with Gasteiger partial charge in [0.1, 0.15) is 17.2 Å². The zero-order valence-electron chi connectivity index (χ0n) is 18.4. The maximum atomic E-state index is 12.3. The summed E-state index contributed by atoms with van der Waals surface area (Å²) in [7, 11) is -1.52. The van der Waals surface area contributed by atoms with Gasteiger partial charge in [-0.15, -0.1) is 0 Å². The van der Waals surface area contributed by atoms with Gasteiger partial charge in [-0.3, -0.25) is 9.10 Å². The Balaban J connectivity index is 1.44. The van der Waals surface area contributed by atoms with Crippen LogP contribution in [-0.4, -0.2) is 48.6 Å². The quantitative estimate of drug-likeness (QED) is 0.446. The van der Waals surface area contributed by atoms with Crippen molar-refractivity contribution in [3.63, 3.8) is 0 Å². The maximum Gasteiger partial charge on any atom is 0.235 e. The van der Waals surface area contributed by atoms with Gasteiger partial charge in [0, 0.05) is 42.7 Å². The number of pyridine rings is 2. The lowest BCUT2D eigenvalue weighted by Crippen LogP contribution is -2.24. The number of hydrogen-bond donors (Lipinski definition) is 2. The van der Waals surface area contributed by atoms with Gasteiger partial charge in [-0.1, -0.05) is 0 Å². The number of carbonyl (C=O) groups excluding carboxylic acids is 1. The largest absolute Gasteiger partial charge is 0.436 e. The Morgan fingerprint density at radius 2 is 2.00 bits per heavy atom. The average molecular weight is 479 g/mol. The topological polar surface area (TPSA) is 130 Å². The number of sulfonamides is 1. The molecule has 2 N–H and O–H groups in total. The van der Waals surface area contributed by atoms with E-state index in [1.807, 2.05) is 0 Å². The monoisotopic (exact) mass is 478 g/mol. The van der Waals surface area contributed by atoms with Crippen molar-refractivity contribution in [2.45, 2.75) is 19.3 Å². The summed E-state index contributed by atoms with van der Waals surface area (Å²) in [6.45, 7) is 0.459. The lowest BCUT2D eigenvalue weighted by Gasteiger charge is -2.16. The fourth-order valence-corrected chi connectivity index (χ4v) is 5.82. The molecule has 1 aromatic carbocycles. The molecule has 0 atom stereocenters. The summed E-state index contributed by atoms with van der Waals surface area (Å²) in [4.78, 5) is 25.7. The molecule has 6 rings (SSSR count). The molecule has 1 aliphatic heterocycles. The Morgan fingerprint density at radius 1 is 1.15 bits per heavy atom. The molecule has 4 aromatic rings. The standard InChI is InChI=1S/C23H22N6O4S/c1-24-21-16-11-25-20(28-22(30)13-3-4-13)10-15(16)17(12-26-21)23-27-18-9-14(5-6-19(18)33-23)29-7-2-8-34(29,31)32/h5-6,9-13H,2-4,7-8H2,1H3,(H,24,26)(H,25,28,30). The number of nitrogens with one attached hydrogen (secondary N) is 2. The van der Waals surface area contributed by atoms with Crippen molar-refractivity contribution in [2.75, 3.05) is 34.3 Å². The number of carbonyl (C=O) groups is 1. The summed E-state index contributed by atoms with van der Waals surface area (Å²) in [5, 5.41) is 7.47. The normalized spacial score (nSPS) is 17.4. The highest BCUT2D eigenvalue weighted by atomic mass is 32.2. The number of oxazole rings is 1. The number of fused-ring (bicyclic) bond motifs is 2. The number of rotatable bonds is 5. The van der Waals surface area contributed by atoms with Crippen LogP contribution in [0.5, 0.6) is 0 Å². The average Bonchev–Trinajstić information content (AvgIpc) is 3.50. The van der Waals surface area contributed by atoms with Crippen molar-refractivity contribution in [1.29, 1.82) is 0 Å². The van der Waals surface area contributed by atoms with Gasteiger partial charge in [-0.2, -0.15) is 0 Å². The first kappa shape index (κ1) is 20.8. The summed E-state index contributed by atoms with van der Waals surface area (Å²) in [6.07, 6.45) is 5.74. The van der Waals surface area contributed by atoms with E-state index >= 15 is 0 Å². The number of benzene rings is 1. The van der Waals surface area contributed by atoms with E-state index in [2.05, 4.69) is 25.6 Å². The lowest BCUT2D eigenvalue weighted by molar-refractivity contribution is -0.117. The maximum absolute atomic E-state index is 12.3. The second-order valence-corrected chi connectivity index (χ2v) is 10.6. The Hall–Kier alpha value is -3.73. The summed E-state index contributed by atoms with van der Waals surface area (Å²) in [6, 6.07) is 6.99. The molecule has 1 amide bonds. The molecule has 11 heteroatoms. The molecule has 174 valence electrons. The van der Waals surface area contributed by atoms with E-state index in [0.29, 0.717) is 52.8 Å². The molecule has 0 unspecified atom stereocenters. The molecule has 10 nitrogen and oxygen atoms in total. The van der Waals surface area contributed by atoms with Crippen LogP contribution in [0.2, 0.25) is 0 Å². The van der Waals surface area contributed by atoms with E-state index in [1.165, 1.54) is 4.31 Å². The molecule has 0 spiro atoms. The Kier molecular flexibility index (Phi) is 4.70. The van der Waals surface area contributed by atoms with E-state index in [0.717, 1.165) is 23.6 Å². The smallest absolute Gasteiger partial charge is 0.235 e. The van der Waals surface area contributed by atoms with Gasteiger partial charge < -0.3 is 15.1 Å². The molecule has 2 aliphatic rings. The molecule has 0 radical (unpaired) electrons. The summed E-state index contributed by atoms with van der Waals surface area (Å²) < 4.78 is 32.1. The van der Waals surface area contributed by atoms with Gasteiger partial charge in [-0.25, -0.2) is 23.4 Å². The first-order valence-electron chi connectivity index (χ1n) is 11.1. The van der Waals surface area contributed by atoms with Crippen molar-refractivity contribution in [1.82, 2.24) is 15.0 Å². The van der Waals surface area contributed by atoms with E-state index in [-0.39, 0.29) is 17.6 Å². The molecule has 1 aliphatic carbocycles. The van der Waals surface area contributed by atoms with Gasteiger partial charge in [-0.05, 0) is 43.5 Å². The predicted molar refractivity (Wildman–Crippen MR) is 129 cm³/mol.